The molecule has 1 amide bonds. The van der Waals surface area contributed by atoms with Crippen molar-refractivity contribution in [2.75, 3.05) is 38.1 Å². The predicted octanol–water partition coefficient (Wildman–Crippen LogP) is 3.74. The van der Waals surface area contributed by atoms with Crippen LogP contribution < -0.4 is 10.2 Å². The summed E-state index contributed by atoms with van der Waals surface area (Å²) in [5, 5.41) is 3.02. The topological polar surface area (TPSA) is 35.6 Å². The van der Waals surface area contributed by atoms with E-state index in [2.05, 4.69) is 40.4 Å². The molecule has 30 heavy (non-hydrogen) atoms. The van der Waals surface area contributed by atoms with Crippen molar-refractivity contribution in [2.45, 2.75) is 31.5 Å². The SMILES string of the molecule is CN1CCN(c2cccc3c2C[C@@H](NC(=O)c2ccc(C(F)(F)F)cc2)CC3)CC1. The zero-order valence-corrected chi connectivity index (χ0v) is 17.0. The van der Waals surface area contributed by atoms with Gasteiger partial charge in [-0.05, 0) is 67.8 Å². The Hall–Kier alpha value is -2.54. The summed E-state index contributed by atoms with van der Waals surface area (Å²) in [5.74, 6) is -0.325. The molecule has 4 nitrogen and oxygen atoms in total. The lowest BCUT2D eigenvalue weighted by atomic mass is 9.86. The van der Waals surface area contributed by atoms with Crippen molar-refractivity contribution >= 4 is 11.6 Å². The summed E-state index contributed by atoms with van der Waals surface area (Å²) >= 11 is 0. The molecule has 1 heterocycles. The summed E-state index contributed by atoms with van der Waals surface area (Å²) in [5.41, 5.74) is 3.36. The molecular formula is C23H26F3N3O. The molecule has 7 heteroatoms. The number of hydrogen-bond donors (Lipinski definition) is 1. The summed E-state index contributed by atoms with van der Waals surface area (Å²) in [7, 11) is 2.13. The van der Waals surface area contributed by atoms with Crippen LogP contribution in [0.4, 0.5) is 18.9 Å². The fourth-order valence-electron chi connectivity index (χ4n) is 4.32. The number of hydrogen-bond acceptors (Lipinski definition) is 3. The monoisotopic (exact) mass is 417 g/mol. The zero-order chi connectivity index (χ0) is 21.3. The van der Waals surface area contributed by atoms with Crippen LogP contribution in [0.5, 0.6) is 0 Å². The van der Waals surface area contributed by atoms with E-state index in [1.54, 1.807) is 0 Å². The van der Waals surface area contributed by atoms with E-state index < -0.39 is 11.7 Å². The fourth-order valence-corrected chi connectivity index (χ4v) is 4.32. The number of benzene rings is 2. The lowest BCUT2D eigenvalue weighted by Gasteiger charge is -2.37. The number of carbonyl (C=O) groups is 1. The highest BCUT2D eigenvalue weighted by atomic mass is 19.4. The van der Waals surface area contributed by atoms with Crippen molar-refractivity contribution < 1.29 is 18.0 Å². The first-order valence-electron chi connectivity index (χ1n) is 10.3. The molecule has 0 bridgehead atoms. The Morgan fingerprint density at radius 2 is 1.73 bits per heavy atom. The highest BCUT2D eigenvalue weighted by Gasteiger charge is 2.30. The minimum absolute atomic E-state index is 0.0269. The van der Waals surface area contributed by atoms with Gasteiger partial charge in [0, 0.05) is 43.5 Å². The molecular weight excluding hydrogens is 391 g/mol. The minimum atomic E-state index is -4.40. The predicted molar refractivity (Wildman–Crippen MR) is 111 cm³/mol. The van der Waals surface area contributed by atoms with Gasteiger partial charge in [0.05, 0.1) is 5.56 Å². The van der Waals surface area contributed by atoms with Gasteiger partial charge in [0.1, 0.15) is 0 Å². The quantitative estimate of drug-likeness (QED) is 0.827. The van der Waals surface area contributed by atoms with E-state index >= 15 is 0 Å². The van der Waals surface area contributed by atoms with Crippen LogP contribution in [0.1, 0.15) is 33.5 Å². The number of anilines is 1. The molecule has 0 saturated carbocycles. The standard InChI is InChI=1S/C23H26F3N3O/c1-28-11-13-29(14-12-28)21-4-2-3-16-7-10-19(15-20(16)21)27-22(30)17-5-8-18(9-6-17)23(24,25)26/h2-6,8-9,19H,7,10-15H2,1H3,(H,27,30)/t19-/m0/s1. The molecule has 1 aliphatic carbocycles. The second-order valence-electron chi connectivity index (χ2n) is 8.19. The average Bonchev–Trinajstić information content (AvgIpc) is 2.73. The number of amides is 1. The van der Waals surface area contributed by atoms with Crippen molar-refractivity contribution in [3.05, 3.63) is 64.7 Å². The summed E-state index contributed by atoms with van der Waals surface area (Å²) in [6.45, 7) is 4.01. The lowest BCUT2D eigenvalue weighted by Crippen LogP contribution is -2.45. The number of fused-ring (bicyclic) bond motifs is 1. The van der Waals surface area contributed by atoms with Gasteiger partial charge < -0.3 is 15.1 Å². The Labute approximate surface area is 174 Å². The molecule has 160 valence electrons. The molecule has 1 atom stereocenters. The van der Waals surface area contributed by atoms with Gasteiger partial charge in [-0.2, -0.15) is 13.2 Å². The van der Waals surface area contributed by atoms with Crippen LogP contribution in [0.2, 0.25) is 0 Å². The number of piperazine rings is 1. The van der Waals surface area contributed by atoms with Gasteiger partial charge in [0.2, 0.25) is 0 Å². The van der Waals surface area contributed by atoms with Crippen LogP contribution in [0.3, 0.4) is 0 Å². The van der Waals surface area contributed by atoms with Crippen molar-refractivity contribution in [1.29, 1.82) is 0 Å². The maximum absolute atomic E-state index is 12.7. The Kier molecular flexibility index (Phi) is 5.73. The Bertz CT molecular complexity index is 903. The molecule has 0 aromatic heterocycles. The first kappa shape index (κ1) is 20.7. The van der Waals surface area contributed by atoms with E-state index in [9.17, 15) is 18.0 Å². The normalized spacial score (nSPS) is 20.0. The van der Waals surface area contributed by atoms with Gasteiger partial charge in [0.15, 0.2) is 0 Å². The maximum Gasteiger partial charge on any atom is 0.416 e. The molecule has 0 spiro atoms. The Morgan fingerprint density at radius 1 is 1.03 bits per heavy atom. The molecule has 2 aromatic rings. The molecule has 4 rings (SSSR count). The van der Waals surface area contributed by atoms with E-state index in [0.717, 1.165) is 57.6 Å². The smallest absolute Gasteiger partial charge is 0.369 e. The van der Waals surface area contributed by atoms with Crippen LogP contribution >= 0.6 is 0 Å². The molecule has 0 unspecified atom stereocenters. The molecule has 2 aromatic carbocycles. The van der Waals surface area contributed by atoms with Crippen molar-refractivity contribution in [3.8, 4) is 0 Å². The Morgan fingerprint density at radius 3 is 2.40 bits per heavy atom. The van der Waals surface area contributed by atoms with E-state index in [0.29, 0.717) is 0 Å². The number of alkyl halides is 3. The molecule has 0 radical (unpaired) electrons. The summed E-state index contributed by atoms with van der Waals surface area (Å²) < 4.78 is 38.2. The first-order valence-corrected chi connectivity index (χ1v) is 10.3. The summed E-state index contributed by atoms with van der Waals surface area (Å²) in [6, 6.07) is 10.8. The minimum Gasteiger partial charge on any atom is -0.369 e. The maximum atomic E-state index is 12.7. The molecule has 1 fully saturated rings. The lowest BCUT2D eigenvalue weighted by molar-refractivity contribution is -0.137. The first-order chi connectivity index (χ1) is 14.3. The number of aryl methyl sites for hydroxylation is 1. The fraction of sp³-hybridized carbons (Fsp3) is 0.435. The second-order valence-corrected chi connectivity index (χ2v) is 8.19. The van der Waals surface area contributed by atoms with Gasteiger partial charge in [-0.1, -0.05) is 12.1 Å². The summed E-state index contributed by atoms with van der Waals surface area (Å²) in [6.07, 6.45) is -1.95. The number of nitrogens with one attached hydrogen (secondary N) is 1. The number of rotatable bonds is 3. The largest absolute Gasteiger partial charge is 0.416 e. The van der Waals surface area contributed by atoms with Gasteiger partial charge in [-0.15, -0.1) is 0 Å². The number of likely N-dealkylation sites (N-methyl/N-ethyl adjacent to an activating group) is 1. The van der Waals surface area contributed by atoms with Crippen LogP contribution in [0.15, 0.2) is 42.5 Å². The zero-order valence-electron chi connectivity index (χ0n) is 17.0. The van der Waals surface area contributed by atoms with Gasteiger partial charge in [-0.25, -0.2) is 0 Å². The number of nitrogens with zero attached hydrogens (tertiary/aromatic N) is 2. The Balaban J connectivity index is 1.46. The third kappa shape index (κ3) is 4.46. The van der Waals surface area contributed by atoms with Crippen LogP contribution in [0.25, 0.3) is 0 Å². The molecule has 1 saturated heterocycles. The van der Waals surface area contributed by atoms with E-state index in [4.69, 9.17) is 0 Å². The highest BCUT2D eigenvalue weighted by Crippen LogP contribution is 2.32. The van der Waals surface area contributed by atoms with Gasteiger partial charge >= 0.3 is 6.18 Å². The number of carbonyl (C=O) groups excluding carboxylic acids is 1. The van der Waals surface area contributed by atoms with E-state index in [-0.39, 0.29) is 17.5 Å². The van der Waals surface area contributed by atoms with Crippen molar-refractivity contribution in [2.24, 2.45) is 0 Å². The summed E-state index contributed by atoms with van der Waals surface area (Å²) in [4.78, 5) is 17.3. The van der Waals surface area contributed by atoms with Crippen molar-refractivity contribution in [3.63, 3.8) is 0 Å². The third-order valence-electron chi connectivity index (χ3n) is 6.11. The molecule has 1 aliphatic heterocycles. The van der Waals surface area contributed by atoms with Gasteiger partial charge in [-0.3, -0.25) is 4.79 Å². The van der Waals surface area contributed by atoms with E-state index in [1.807, 2.05) is 0 Å². The molecule has 1 N–H and O–H groups in total. The van der Waals surface area contributed by atoms with Gasteiger partial charge in [0.25, 0.3) is 5.91 Å². The number of halogens is 3. The third-order valence-corrected chi connectivity index (χ3v) is 6.11. The van der Waals surface area contributed by atoms with E-state index in [1.165, 1.54) is 28.9 Å². The molecule has 2 aliphatic rings. The highest BCUT2D eigenvalue weighted by molar-refractivity contribution is 5.94. The average molecular weight is 417 g/mol. The van der Waals surface area contributed by atoms with Crippen molar-refractivity contribution in [1.82, 2.24) is 10.2 Å². The van der Waals surface area contributed by atoms with Crippen LogP contribution in [-0.4, -0.2) is 50.1 Å². The second kappa shape index (κ2) is 8.30. The van der Waals surface area contributed by atoms with Crippen LogP contribution in [0, 0.1) is 0 Å². The van der Waals surface area contributed by atoms with Crippen LogP contribution in [-0.2, 0) is 19.0 Å².